The number of fused-ring (bicyclic) bond motifs is 1. The second-order valence-electron chi connectivity index (χ2n) is 3.41. The number of pyridine rings is 1. The predicted molar refractivity (Wildman–Crippen MR) is 56.3 cm³/mol. The molecule has 0 amide bonds. The summed E-state index contributed by atoms with van der Waals surface area (Å²) in [6.45, 7) is 0. The minimum atomic E-state index is 0.715. The van der Waals surface area contributed by atoms with Crippen molar-refractivity contribution in [3.05, 3.63) is 23.7 Å². The summed E-state index contributed by atoms with van der Waals surface area (Å²) in [6, 6.07) is 4.85. The van der Waals surface area contributed by atoms with Gasteiger partial charge in [0.15, 0.2) is 0 Å². The Morgan fingerprint density at radius 1 is 1.38 bits per heavy atom. The van der Waals surface area contributed by atoms with Crippen LogP contribution < -0.4 is 5.32 Å². The van der Waals surface area contributed by atoms with Gasteiger partial charge >= 0.3 is 0 Å². The van der Waals surface area contributed by atoms with Crippen LogP contribution in [0.15, 0.2) is 23.7 Å². The lowest BCUT2D eigenvalue weighted by Crippen LogP contribution is -2.00. The second-order valence-corrected chi connectivity index (χ2v) is 4.33. The Balaban J connectivity index is 2.09. The van der Waals surface area contributed by atoms with Gasteiger partial charge in [-0.3, -0.25) is 4.98 Å². The lowest BCUT2D eigenvalue weighted by atomic mass is 10.3. The Morgan fingerprint density at radius 2 is 2.31 bits per heavy atom. The first-order chi connectivity index (χ1) is 6.43. The van der Waals surface area contributed by atoms with Gasteiger partial charge in [-0.25, -0.2) is 0 Å². The quantitative estimate of drug-likeness (QED) is 0.787. The molecule has 0 saturated heterocycles. The maximum atomic E-state index is 4.30. The van der Waals surface area contributed by atoms with Crippen LogP contribution in [0, 0.1) is 0 Å². The van der Waals surface area contributed by atoms with Crippen LogP contribution in [-0.4, -0.2) is 11.0 Å². The summed E-state index contributed by atoms with van der Waals surface area (Å²) in [5.74, 6) is 0. The number of hydrogen-bond acceptors (Lipinski definition) is 3. The highest BCUT2D eigenvalue weighted by molar-refractivity contribution is 7.17. The molecule has 1 saturated carbocycles. The van der Waals surface area contributed by atoms with Gasteiger partial charge in [-0.05, 0) is 30.4 Å². The van der Waals surface area contributed by atoms with Gasteiger partial charge in [0.1, 0.15) is 0 Å². The molecule has 1 N–H and O–H groups in total. The molecule has 3 heteroatoms. The van der Waals surface area contributed by atoms with Crippen molar-refractivity contribution >= 4 is 27.2 Å². The standard InChI is InChI=1S/C10H10N2S/c1-2-7(1)12-9-3-5-11-8-4-6-13-10(8)9/h3-7H,1-2H2,(H,11,12). The molecule has 1 aliphatic carbocycles. The number of aromatic nitrogens is 1. The van der Waals surface area contributed by atoms with Gasteiger partial charge in [0.2, 0.25) is 0 Å². The first-order valence-electron chi connectivity index (χ1n) is 4.52. The van der Waals surface area contributed by atoms with Crippen LogP contribution in [-0.2, 0) is 0 Å². The zero-order valence-electron chi connectivity index (χ0n) is 7.16. The molecule has 1 fully saturated rings. The third-order valence-electron chi connectivity index (χ3n) is 2.28. The molecule has 0 bridgehead atoms. The van der Waals surface area contributed by atoms with Gasteiger partial charge in [-0.2, -0.15) is 0 Å². The Kier molecular flexibility index (Phi) is 1.52. The number of hydrogen-bond donors (Lipinski definition) is 1. The molecule has 66 valence electrons. The molecule has 0 unspecified atom stereocenters. The first-order valence-corrected chi connectivity index (χ1v) is 5.40. The molecule has 0 aliphatic heterocycles. The van der Waals surface area contributed by atoms with E-state index in [4.69, 9.17) is 0 Å². The molecule has 13 heavy (non-hydrogen) atoms. The van der Waals surface area contributed by atoms with E-state index in [0.717, 1.165) is 5.52 Å². The molecule has 0 atom stereocenters. The smallest absolute Gasteiger partial charge is 0.0830 e. The number of nitrogens with zero attached hydrogens (tertiary/aromatic N) is 1. The van der Waals surface area contributed by atoms with Crippen LogP contribution in [0.1, 0.15) is 12.8 Å². The molecule has 2 aromatic heterocycles. The summed E-state index contributed by atoms with van der Waals surface area (Å²) >= 11 is 1.76. The molecule has 2 nitrogen and oxygen atoms in total. The summed E-state index contributed by atoms with van der Waals surface area (Å²) in [4.78, 5) is 4.30. The molecular weight excluding hydrogens is 180 g/mol. The third-order valence-corrected chi connectivity index (χ3v) is 3.22. The van der Waals surface area contributed by atoms with E-state index in [1.165, 1.54) is 23.2 Å². The summed E-state index contributed by atoms with van der Waals surface area (Å²) < 4.78 is 1.29. The van der Waals surface area contributed by atoms with Gasteiger partial charge in [-0.1, -0.05) is 0 Å². The van der Waals surface area contributed by atoms with E-state index in [2.05, 4.69) is 27.8 Å². The van der Waals surface area contributed by atoms with Crippen molar-refractivity contribution in [1.29, 1.82) is 0 Å². The Bertz CT molecular complexity index is 431. The summed E-state index contributed by atoms with van der Waals surface area (Å²) in [5.41, 5.74) is 2.36. The van der Waals surface area contributed by atoms with E-state index in [9.17, 15) is 0 Å². The maximum absolute atomic E-state index is 4.30. The van der Waals surface area contributed by atoms with E-state index in [0.29, 0.717) is 6.04 Å². The molecule has 0 aromatic carbocycles. The number of thiophene rings is 1. The maximum Gasteiger partial charge on any atom is 0.0830 e. The SMILES string of the molecule is c1cc(NC2CC2)c2sccc2n1. The van der Waals surface area contributed by atoms with Gasteiger partial charge in [-0.15, -0.1) is 11.3 Å². The molecule has 0 spiro atoms. The molecular formula is C10H10N2S. The van der Waals surface area contributed by atoms with Gasteiger partial charge in [0, 0.05) is 12.2 Å². The molecule has 2 aromatic rings. The minimum Gasteiger partial charge on any atom is -0.381 e. The van der Waals surface area contributed by atoms with Crippen LogP contribution in [0.3, 0.4) is 0 Å². The topological polar surface area (TPSA) is 24.9 Å². The van der Waals surface area contributed by atoms with E-state index < -0.39 is 0 Å². The zero-order valence-corrected chi connectivity index (χ0v) is 7.97. The Morgan fingerprint density at radius 3 is 3.15 bits per heavy atom. The Hall–Kier alpha value is -1.09. The highest BCUT2D eigenvalue weighted by atomic mass is 32.1. The van der Waals surface area contributed by atoms with Crippen molar-refractivity contribution in [1.82, 2.24) is 4.98 Å². The number of nitrogens with one attached hydrogen (secondary N) is 1. The average Bonchev–Trinajstić information content (AvgIpc) is 2.83. The van der Waals surface area contributed by atoms with Crippen LogP contribution in [0.4, 0.5) is 5.69 Å². The van der Waals surface area contributed by atoms with Crippen LogP contribution >= 0.6 is 11.3 Å². The van der Waals surface area contributed by atoms with Gasteiger partial charge < -0.3 is 5.32 Å². The van der Waals surface area contributed by atoms with Crippen molar-refractivity contribution in [2.45, 2.75) is 18.9 Å². The fourth-order valence-electron chi connectivity index (χ4n) is 1.43. The molecule has 1 aliphatic rings. The first kappa shape index (κ1) is 7.33. The van der Waals surface area contributed by atoms with Crippen molar-refractivity contribution < 1.29 is 0 Å². The van der Waals surface area contributed by atoms with Gasteiger partial charge in [0.25, 0.3) is 0 Å². The molecule has 3 rings (SSSR count). The van der Waals surface area contributed by atoms with E-state index in [-0.39, 0.29) is 0 Å². The lowest BCUT2D eigenvalue weighted by Gasteiger charge is -2.04. The Labute approximate surface area is 80.6 Å². The number of rotatable bonds is 2. The molecule has 0 radical (unpaired) electrons. The fraction of sp³-hybridized carbons (Fsp3) is 0.300. The highest BCUT2D eigenvalue weighted by Gasteiger charge is 2.21. The normalized spacial score (nSPS) is 16.3. The van der Waals surface area contributed by atoms with E-state index >= 15 is 0 Å². The van der Waals surface area contributed by atoms with Crippen LogP contribution in [0.25, 0.3) is 10.2 Å². The zero-order chi connectivity index (χ0) is 8.67. The van der Waals surface area contributed by atoms with Crippen LogP contribution in [0.2, 0.25) is 0 Å². The summed E-state index contributed by atoms with van der Waals surface area (Å²) in [6.07, 6.45) is 4.50. The van der Waals surface area contributed by atoms with E-state index in [1.54, 1.807) is 11.3 Å². The average molecular weight is 190 g/mol. The number of anilines is 1. The van der Waals surface area contributed by atoms with Crippen molar-refractivity contribution in [3.8, 4) is 0 Å². The largest absolute Gasteiger partial charge is 0.381 e. The minimum absolute atomic E-state index is 0.715. The highest BCUT2D eigenvalue weighted by Crippen LogP contribution is 2.31. The fourth-order valence-corrected chi connectivity index (χ4v) is 2.26. The predicted octanol–water partition coefficient (Wildman–Crippen LogP) is 2.87. The van der Waals surface area contributed by atoms with Crippen LogP contribution in [0.5, 0.6) is 0 Å². The van der Waals surface area contributed by atoms with Crippen molar-refractivity contribution in [2.75, 3.05) is 5.32 Å². The summed E-state index contributed by atoms with van der Waals surface area (Å²) in [5, 5.41) is 5.61. The van der Waals surface area contributed by atoms with E-state index in [1.807, 2.05) is 6.20 Å². The molecule has 2 heterocycles. The lowest BCUT2D eigenvalue weighted by molar-refractivity contribution is 1.16. The second kappa shape index (κ2) is 2.70. The van der Waals surface area contributed by atoms with Crippen molar-refractivity contribution in [2.24, 2.45) is 0 Å². The van der Waals surface area contributed by atoms with Crippen molar-refractivity contribution in [3.63, 3.8) is 0 Å². The summed E-state index contributed by atoms with van der Waals surface area (Å²) in [7, 11) is 0. The third kappa shape index (κ3) is 1.29. The van der Waals surface area contributed by atoms with Gasteiger partial charge in [0.05, 0.1) is 15.9 Å². The monoisotopic (exact) mass is 190 g/mol.